The van der Waals surface area contributed by atoms with Gasteiger partial charge in [0, 0.05) is 20.8 Å². The van der Waals surface area contributed by atoms with Crippen molar-refractivity contribution in [2.24, 2.45) is 0 Å². The molecule has 0 aliphatic carbocycles. The minimum Gasteiger partial charge on any atom is -0.306 e. The first kappa shape index (κ1) is 18.4. The number of hydrogen-bond acceptors (Lipinski definition) is 3. The average Bonchev–Trinajstić information content (AvgIpc) is 3.15. The third-order valence-corrected chi connectivity index (χ3v) is 6.38. The second-order valence-electron chi connectivity index (χ2n) is 6.33. The van der Waals surface area contributed by atoms with Crippen LogP contribution in [0.4, 0.5) is 5.82 Å². The summed E-state index contributed by atoms with van der Waals surface area (Å²) < 4.78 is 14.4. The molecule has 0 spiro atoms. The van der Waals surface area contributed by atoms with Crippen molar-refractivity contribution >= 4 is 50.1 Å². The van der Waals surface area contributed by atoms with Crippen LogP contribution in [0.3, 0.4) is 0 Å². The van der Waals surface area contributed by atoms with E-state index in [0.717, 1.165) is 27.0 Å². The molecule has 1 N–H and O–H groups in total. The molecule has 3 aromatic rings. The SMILES string of the molecule is Cc1ccc(-n2nc3c(c2NC(=O)c2cc(Br)ccc2Cl)C[S@](=O)C3)cc1. The molecule has 0 saturated carbocycles. The molecule has 0 fully saturated rings. The van der Waals surface area contributed by atoms with E-state index in [2.05, 4.69) is 26.3 Å². The van der Waals surface area contributed by atoms with Crippen LogP contribution in [0.1, 0.15) is 27.2 Å². The zero-order valence-corrected chi connectivity index (χ0v) is 17.5. The number of amides is 1. The van der Waals surface area contributed by atoms with Gasteiger partial charge in [0.05, 0.1) is 33.5 Å². The maximum atomic E-state index is 12.9. The zero-order valence-electron chi connectivity index (χ0n) is 14.3. The minimum atomic E-state index is -0.995. The van der Waals surface area contributed by atoms with Crippen LogP contribution in [0, 0.1) is 6.92 Å². The number of aryl methyl sites for hydroxylation is 1. The molecule has 0 unspecified atom stereocenters. The number of carbonyl (C=O) groups excluding carboxylic acids is 1. The molecule has 0 bridgehead atoms. The van der Waals surface area contributed by atoms with Crippen LogP contribution in [0.2, 0.25) is 5.02 Å². The maximum Gasteiger partial charge on any atom is 0.258 e. The lowest BCUT2D eigenvalue weighted by atomic mass is 10.2. The Balaban J connectivity index is 1.77. The molecule has 1 aliphatic heterocycles. The highest BCUT2D eigenvalue weighted by molar-refractivity contribution is 9.10. The van der Waals surface area contributed by atoms with E-state index in [-0.39, 0.29) is 5.91 Å². The van der Waals surface area contributed by atoms with E-state index in [1.54, 1.807) is 22.9 Å². The highest BCUT2D eigenvalue weighted by Crippen LogP contribution is 2.32. The Morgan fingerprint density at radius 1 is 1.22 bits per heavy atom. The molecule has 27 heavy (non-hydrogen) atoms. The Morgan fingerprint density at radius 2 is 1.96 bits per heavy atom. The van der Waals surface area contributed by atoms with Crippen LogP contribution in [0.25, 0.3) is 5.69 Å². The molecule has 1 amide bonds. The first-order valence-electron chi connectivity index (χ1n) is 8.21. The molecule has 0 radical (unpaired) electrons. The van der Waals surface area contributed by atoms with Crippen LogP contribution in [-0.2, 0) is 22.3 Å². The smallest absolute Gasteiger partial charge is 0.258 e. The first-order valence-corrected chi connectivity index (χ1v) is 10.9. The van der Waals surface area contributed by atoms with Crippen LogP contribution in [0.5, 0.6) is 0 Å². The van der Waals surface area contributed by atoms with Crippen molar-refractivity contribution in [3.8, 4) is 5.69 Å². The summed E-state index contributed by atoms with van der Waals surface area (Å²) in [5.74, 6) is 0.980. The van der Waals surface area contributed by atoms with E-state index < -0.39 is 10.8 Å². The Bertz CT molecular complexity index is 1080. The molecule has 4 rings (SSSR count). The Hall–Kier alpha value is -1.96. The third kappa shape index (κ3) is 3.59. The molecule has 2 aromatic carbocycles. The van der Waals surface area contributed by atoms with E-state index >= 15 is 0 Å². The summed E-state index contributed by atoms with van der Waals surface area (Å²) in [4.78, 5) is 12.9. The van der Waals surface area contributed by atoms with Gasteiger partial charge in [-0.3, -0.25) is 9.00 Å². The van der Waals surface area contributed by atoms with Crippen LogP contribution < -0.4 is 5.32 Å². The van der Waals surface area contributed by atoms with Crippen molar-refractivity contribution in [2.75, 3.05) is 5.32 Å². The number of nitrogens with one attached hydrogen (secondary N) is 1. The van der Waals surface area contributed by atoms with Crippen molar-refractivity contribution in [2.45, 2.75) is 18.4 Å². The summed E-state index contributed by atoms with van der Waals surface area (Å²) >= 11 is 9.55. The number of anilines is 1. The highest BCUT2D eigenvalue weighted by atomic mass is 79.9. The molecule has 1 aliphatic rings. The van der Waals surface area contributed by atoms with Gasteiger partial charge >= 0.3 is 0 Å². The predicted molar refractivity (Wildman–Crippen MR) is 111 cm³/mol. The normalized spacial score (nSPS) is 15.6. The molecule has 2 heterocycles. The number of rotatable bonds is 3. The monoisotopic (exact) mass is 463 g/mol. The van der Waals surface area contributed by atoms with E-state index in [4.69, 9.17) is 11.6 Å². The molecule has 138 valence electrons. The third-order valence-electron chi connectivity index (χ3n) is 4.35. The van der Waals surface area contributed by atoms with Gasteiger partial charge in [0.25, 0.3) is 5.91 Å². The van der Waals surface area contributed by atoms with Gasteiger partial charge in [0.15, 0.2) is 0 Å². The molecular weight excluding hydrogens is 450 g/mol. The maximum absolute atomic E-state index is 12.9. The molecule has 1 atom stereocenters. The molecule has 5 nitrogen and oxygen atoms in total. The number of fused-ring (bicyclic) bond motifs is 1. The van der Waals surface area contributed by atoms with Gasteiger partial charge in [-0.25, -0.2) is 4.68 Å². The second-order valence-corrected chi connectivity index (χ2v) is 9.11. The predicted octanol–water partition coefficient (Wildman–Crippen LogP) is 4.61. The van der Waals surface area contributed by atoms with Crippen molar-refractivity contribution in [3.63, 3.8) is 0 Å². The van der Waals surface area contributed by atoms with Crippen LogP contribution in [0.15, 0.2) is 46.9 Å². The fourth-order valence-electron chi connectivity index (χ4n) is 2.98. The standard InChI is InChI=1S/C19H15BrClN3O2S/c1-11-2-5-13(6-3-11)24-18(15-9-27(26)10-17(15)23-24)22-19(25)14-8-12(20)4-7-16(14)21/h2-8H,9-10H2,1H3,(H,22,25)/t27-/m0/s1. The molecule has 1 aromatic heterocycles. The molecule has 8 heteroatoms. The fourth-order valence-corrected chi connectivity index (χ4v) is 4.80. The summed E-state index contributed by atoms with van der Waals surface area (Å²) in [5.41, 5.74) is 3.89. The van der Waals surface area contributed by atoms with E-state index in [1.807, 2.05) is 31.2 Å². The topological polar surface area (TPSA) is 64.0 Å². The second kappa shape index (κ2) is 7.22. The zero-order chi connectivity index (χ0) is 19.1. The van der Waals surface area contributed by atoms with Crippen molar-refractivity contribution < 1.29 is 9.00 Å². The average molecular weight is 465 g/mol. The van der Waals surface area contributed by atoms with Gasteiger partial charge in [-0.1, -0.05) is 45.2 Å². The lowest BCUT2D eigenvalue weighted by molar-refractivity contribution is 0.102. The van der Waals surface area contributed by atoms with Gasteiger partial charge < -0.3 is 5.32 Å². The van der Waals surface area contributed by atoms with Crippen LogP contribution in [-0.4, -0.2) is 19.9 Å². The fraction of sp³-hybridized carbons (Fsp3) is 0.158. The minimum absolute atomic E-state index is 0.338. The molecule has 0 saturated heterocycles. The van der Waals surface area contributed by atoms with Gasteiger partial charge in [-0.2, -0.15) is 5.10 Å². The Labute approximate surface area is 172 Å². The quantitative estimate of drug-likeness (QED) is 0.615. The summed E-state index contributed by atoms with van der Waals surface area (Å²) in [7, 11) is -0.995. The van der Waals surface area contributed by atoms with Gasteiger partial charge in [-0.05, 0) is 37.3 Å². The number of hydrogen-bond donors (Lipinski definition) is 1. The van der Waals surface area contributed by atoms with Crippen molar-refractivity contribution in [1.29, 1.82) is 0 Å². The molecular formula is C19H15BrClN3O2S. The summed E-state index contributed by atoms with van der Waals surface area (Å²) in [5, 5.41) is 7.88. The van der Waals surface area contributed by atoms with E-state index in [1.165, 1.54) is 0 Å². The summed E-state index contributed by atoms with van der Waals surface area (Å²) in [6.45, 7) is 2.01. The number of carbonyl (C=O) groups is 1. The summed E-state index contributed by atoms with van der Waals surface area (Å²) in [6.07, 6.45) is 0. The number of halogens is 2. The van der Waals surface area contributed by atoms with E-state index in [0.29, 0.717) is 27.9 Å². The van der Waals surface area contributed by atoms with E-state index in [9.17, 15) is 9.00 Å². The largest absolute Gasteiger partial charge is 0.306 e. The van der Waals surface area contributed by atoms with Gasteiger partial charge in [0.2, 0.25) is 0 Å². The summed E-state index contributed by atoms with van der Waals surface area (Å²) in [6, 6.07) is 13.0. The van der Waals surface area contributed by atoms with Crippen molar-refractivity contribution in [3.05, 3.63) is 74.3 Å². The Kier molecular flexibility index (Phi) is 4.92. The van der Waals surface area contributed by atoms with Crippen molar-refractivity contribution in [1.82, 2.24) is 9.78 Å². The number of nitrogens with zero attached hydrogens (tertiary/aromatic N) is 2. The highest BCUT2D eigenvalue weighted by Gasteiger charge is 2.28. The Morgan fingerprint density at radius 3 is 2.70 bits per heavy atom. The van der Waals surface area contributed by atoms with Gasteiger partial charge in [-0.15, -0.1) is 0 Å². The lowest BCUT2D eigenvalue weighted by Crippen LogP contribution is -2.17. The van der Waals surface area contributed by atoms with Crippen LogP contribution >= 0.6 is 27.5 Å². The lowest BCUT2D eigenvalue weighted by Gasteiger charge is -2.12. The number of benzene rings is 2. The number of aromatic nitrogens is 2. The first-order chi connectivity index (χ1) is 12.9. The van der Waals surface area contributed by atoms with Gasteiger partial charge in [0.1, 0.15) is 5.82 Å².